The van der Waals surface area contributed by atoms with E-state index >= 15 is 0 Å². The van der Waals surface area contributed by atoms with Crippen LogP contribution in [0.3, 0.4) is 0 Å². The number of H-pyrrole nitrogens is 2. The Bertz CT molecular complexity index is 2190. The van der Waals surface area contributed by atoms with E-state index in [4.69, 9.17) is 9.97 Å². The molecule has 0 fully saturated rings. The van der Waals surface area contributed by atoms with E-state index in [-0.39, 0.29) is 16.8 Å². The summed E-state index contributed by atoms with van der Waals surface area (Å²) in [5.74, 6) is 0. The maximum absolute atomic E-state index is 5.27. The zero-order chi connectivity index (χ0) is 31.9. The van der Waals surface area contributed by atoms with Crippen molar-refractivity contribution in [2.45, 2.75) is 0 Å². The van der Waals surface area contributed by atoms with Crippen LogP contribution >= 0.6 is 0 Å². The molecule has 49 heavy (non-hydrogen) atoms. The van der Waals surface area contributed by atoms with Crippen molar-refractivity contribution in [3.05, 3.63) is 145 Å². The van der Waals surface area contributed by atoms with Gasteiger partial charge in [0.25, 0.3) is 0 Å². The molecule has 7 aromatic rings. The smallest absolute Gasteiger partial charge is 0.0737 e. The van der Waals surface area contributed by atoms with Crippen molar-refractivity contribution in [2.24, 2.45) is 0 Å². The molecule has 0 saturated heterocycles. The molecule has 8 nitrogen and oxygen atoms in total. The minimum Gasteiger partial charge on any atom is -0.354 e. The molecule has 0 aromatic carbocycles. The Morgan fingerprint density at radius 2 is 0.612 bits per heavy atom. The van der Waals surface area contributed by atoms with E-state index in [1.807, 2.05) is 49.1 Å². The van der Waals surface area contributed by atoms with Crippen LogP contribution < -0.4 is 0 Å². The van der Waals surface area contributed by atoms with Crippen LogP contribution in [0, 0.1) is 0 Å². The molecule has 9 heterocycles. The summed E-state index contributed by atoms with van der Waals surface area (Å²) in [5.41, 5.74) is 14.5. The fourth-order valence-electron chi connectivity index (χ4n) is 6.46. The Labute approximate surface area is 291 Å². The SMILES string of the molecule is C1=Cc2nc1c(-c1cccnc1)c1ccc([nH]1)c(-c1cccnc1)c1nc(c(-c3cccnc3)c3ccc([nH]3)c2-c2cccnc2)C=C1.[Co]. The largest absolute Gasteiger partial charge is 0.354 e. The zero-order valence-electron chi connectivity index (χ0n) is 25.9. The first-order chi connectivity index (χ1) is 23.8. The van der Waals surface area contributed by atoms with Gasteiger partial charge in [-0.15, -0.1) is 0 Å². The molecule has 1 radical (unpaired) electrons. The summed E-state index contributed by atoms with van der Waals surface area (Å²) < 4.78 is 0. The van der Waals surface area contributed by atoms with Crippen LogP contribution in [0.4, 0.5) is 0 Å². The van der Waals surface area contributed by atoms with Crippen LogP contribution in [0.15, 0.2) is 122 Å². The van der Waals surface area contributed by atoms with Crippen molar-refractivity contribution in [1.29, 1.82) is 0 Å². The number of nitrogens with zero attached hydrogens (tertiary/aromatic N) is 6. The van der Waals surface area contributed by atoms with Crippen molar-refractivity contribution in [2.75, 3.05) is 0 Å². The summed E-state index contributed by atoms with van der Waals surface area (Å²) in [6, 6.07) is 24.4. The van der Waals surface area contributed by atoms with Gasteiger partial charge in [0.15, 0.2) is 0 Å². The van der Waals surface area contributed by atoms with Gasteiger partial charge in [0.05, 0.1) is 22.8 Å². The summed E-state index contributed by atoms with van der Waals surface area (Å²) >= 11 is 0. The van der Waals surface area contributed by atoms with Gasteiger partial charge in [0.2, 0.25) is 0 Å². The molecular formula is C40H26CoN8. The normalized spacial score (nSPS) is 11.8. The predicted molar refractivity (Wildman–Crippen MR) is 192 cm³/mol. The third-order valence-corrected chi connectivity index (χ3v) is 8.55. The van der Waals surface area contributed by atoms with Crippen molar-refractivity contribution < 1.29 is 16.8 Å². The molecule has 2 aliphatic rings. The van der Waals surface area contributed by atoms with Gasteiger partial charge in [-0.1, -0.05) is 24.3 Å². The van der Waals surface area contributed by atoms with Gasteiger partial charge < -0.3 is 9.97 Å². The molecule has 0 saturated carbocycles. The summed E-state index contributed by atoms with van der Waals surface area (Å²) in [5, 5.41) is 0. The zero-order valence-corrected chi connectivity index (χ0v) is 26.9. The third kappa shape index (κ3) is 5.46. The fraction of sp³-hybridized carbons (Fsp3) is 0. The number of rotatable bonds is 4. The summed E-state index contributed by atoms with van der Waals surface area (Å²) in [6.45, 7) is 0. The molecule has 0 aliphatic carbocycles. The average Bonchev–Trinajstić information content (AvgIpc) is 3.98. The van der Waals surface area contributed by atoms with Crippen LogP contribution in [-0.2, 0) is 16.8 Å². The second kappa shape index (κ2) is 12.7. The molecule has 0 atom stereocenters. The number of hydrogen-bond donors (Lipinski definition) is 2. The van der Waals surface area contributed by atoms with Gasteiger partial charge in [-0.05, 0) is 72.8 Å². The number of fused-ring (bicyclic) bond motifs is 8. The average molecular weight is 678 g/mol. The molecule has 9 heteroatoms. The number of aromatic amines is 2. The standard InChI is InChI=1S/C40H26N8.Co/c1-5-25(21-41-17-1)37-29-9-11-31(45-29)38(26-6-2-18-42-22-26)33-13-15-35(47-33)40(28-8-4-20-44-24-28)36-16-14-34(48-36)39(27-7-3-19-43-23-27)32-12-10-30(37)46-32;/h1-24,45,48H;. The molecule has 9 rings (SSSR count). The van der Waals surface area contributed by atoms with Gasteiger partial charge in [-0.2, -0.15) is 0 Å². The second-order valence-electron chi connectivity index (χ2n) is 11.5. The van der Waals surface area contributed by atoms with Crippen molar-refractivity contribution >= 4 is 46.4 Å². The summed E-state index contributed by atoms with van der Waals surface area (Å²) in [6.07, 6.45) is 22.9. The van der Waals surface area contributed by atoms with Gasteiger partial charge in [-0.3, -0.25) is 19.9 Å². The molecule has 0 unspecified atom stereocenters. The molecule has 2 N–H and O–H groups in total. The molecule has 0 spiro atoms. The van der Waals surface area contributed by atoms with Crippen molar-refractivity contribution in [3.8, 4) is 44.5 Å². The van der Waals surface area contributed by atoms with E-state index in [1.54, 1.807) is 24.8 Å². The quantitative estimate of drug-likeness (QED) is 0.193. The number of nitrogens with one attached hydrogen (secondary N) is 2. The minimum atomic E-state index is 0. The predicted octanol–water partition coefficient (Wildman–Crippen LogP) is 8.90. The van der Waals surface area contributed by atoms with Crippen molar-refractivity contribution in [1.82, 2.24) is 39.9 Å². The molecule has 2 aliphatic heterocycles. The first-order valence-corrected chi connectivity index (χ1v) is 15.6. The summed E-state index contributed by atoms with van der Waals surface area (Å²) in [4.78, 5) is 35.8. The van der Waals surface area contributed by atoms with Gasteiger partial charge in [0, 0.05) is 133 Å². The molecule has 8 bridgehead atoms. The Kier molecular flexibility index (Phi) is 7.81. The maximum atomic E-state index is 5.27. The minimum absolute atomic E-state index is 0. The van der Waals surface area contributed by atoms with E-state index in [0.29, 0.717) is 0 Å². The van der Waals surface area contributed by atoms with Crippen LogP contribution in [0.25, 0.3) is 90.9 Å². The Balaban J connectivity index is 0.00000348. The van der Waals surface area contributed by atoms with Crippen LogP contribution in [0.5, 0.6) is 0 Å². The molecule has 0 amide bonds. The van der Waals surface area contributed by atoms with Gasteiger partial charge >= 0.3 is 0 Å². The van der Waals surface area contributed by atoms with Gasteiger partial charge in [0.1, 0.15) is 0 Å². The Morgan fingerprint density at radius 3 is 0.837 bits per heavy atom. The second-order valence-corrected chi connectivity index (χ2v) is 11.5. The first kappa shape index (κ1) is 30.1. The maximum Gasteiger partial charge on any atom is 0.0737 e. The third-order valence-electron chi connectivity index (χ3n) is 8.55. The van der Waals surface area contributed by atoms with E-state index in [2.05, 4.69) is 103 Å². The van der Waals surface area contributed by atoms with Crippen LogP contribution in [0.1, 0.15) is 22.8 Å². The number of aromatic nitrogens is 8. The Morgan fingerprint density at radius 1 is 0.347 bits per heavy atom. The van der Waals surface area contributed by atoms with Gasteiger partial charge in [-0.25, -0.2) is 9.97 Å². The van der Waals surface area contributed by atoms with E-state index in [9.17, 15) is 0 Å². The van der Waals surface area contributed by atoms with Crippen molar-refractivity contribution in [3.63, 3.8) is 0 Å². The molecular weight excluding hydrogens is 651 g/mol. The molecule has 7 aromatic heterocycles. The summed E-state index contributed by atoms with van der Waals surface area (Å²) in [7, 11) is 0. The van der Waals surface area contributed by atoms with E-state index < -0.39 is 0 Å². The number of hydrogen-bond acceptors (Lipinski definition) is 6. The Hall–Kier alpha value is -6.29. The van der Waals surface area contributed by atoms with Crippen LogP contribution in [-0.4, -0.2) is 39.9 Å². The van der Waals surface area contributed by atoms with E-state index in [0.717, 1.165) is 89.4 Å². The molecule has 235 valence electrons. The van der Waals surface area contributed by atoms with Crippen LogP contribution in [0.2, 0.25) is 0 Å². The topological polar surface area (TPSA) is 109 Å². The number of pyridine rings is 4. The first-order valence-electron chi connectivity index (χ1n) is 15.6. The van der Waals surface area contributed by atoms with E-state index in [1.165, 1.54) is 0 Å². The monoisotopic (exact) mass is 677 g/mol. The fourth-order valence-corrected chi connectivity index (χ4v) is 6.46.